The molecule has 1 aliphatic carbocycles. The molecule has 1 saturated heterocycles. The second kappa shape index (κ2) is 14.5. The van der Waals surface area contributed by atoms with Crippen molar-refractivity contribution in [1.29, 1.82) is 5.41 Å². The second-order valence-electron chi connectivity index (χ2n) is 12.2. The molecule has 2 heterocycles. The molecule has 11 heteroatoms. The van der Waals surface area contributed by atoms with Crippen LogP contribution in [0.25, 0.3) is 5.57 Å². The lowest BCUT2D eigenvalue weighted by Crippen LogP contribution is -2.59. The third-order valence-corrected chi connectivity index (χ3v) is 8.63. The molecule has 2 aliphatic rings. The molecule has 1 aromatic heterocycles. The van der Waals surface area contributed by atoms with Gasteiger partial charge in [-0.05, 0) is 100 Å². The fourth-order valence-corrected chi connectivity index (χ4v) is 5.58. The lowest BCUT2D eigenvalue weighted by Gasteiger charge is -2.46. The molecule has 1 saturated carbocycles. The smallest absolute Gasteiger partial charge is 0.306 e. The minimum atomic E-state index is -0.711. The maximum Gasteiger partial charge on any atom is 0.306 e. The summed E-state index contributed by atoms with van der Waals surface area (Å²) in [4.78, 5) is 45.7. The molecule has 0 bridgehead atoms. The number of nitrogens with one attached hydrogen (secondary N) is 2. The summed E-state index contributed by atoms with van der Waals surface area (Å²) < 4.78 is 26.3. The van der Waals surface area contributed by atoms with E-state index in [0.29, 0.717) is 41.7 Å². The van der Waals surface area contributed by atoms with Gasteiger partial charge in [-0.2, -0.15) is 0 Å². The Balaban J connectivity index is 0.000000210. The van der Waals surface area contributed by atoms with Crippen molar-refractivity contribution in [3.05, 3.63) is 95.1 Å². The maximum atomic E-state index is 13.2. The van der Waals surface area contributed by atoms with Gasteiger partial charge in [-0.15, -0.1) is 0 Å². The van der Waals surface area contributed by atoms with E-state index in [-0.39, 0.29) is 46.3 Å². The maximum absolute atomic E-state index is 13.2. The third kappa shape index (κ3) is 8.57. The molecule has 0 radical (unpaired) electrons. The first-order valence-electron chi connectivity index (χ1n) is 14.9. The molecule has 1 aliphatic heterocycles. The number of carbonyl (C=O) groups is 3. The number of imidazole rings is 1. The molecular formula is C34H39F2N5O4. The van der Waals surface area contributed by atoms with E-state index in [4.69, 9.17) is 10.5 Å². The number of nitrogens with zero attached hydrogens (tertiary/aromatic N) is 3. The Bertz CT molecular complexity index is 1540. The number of likely N-dealkylation sites (N-methyl/N-ethyl adjacent to an activating group) is 1. The van der Waals surface area contributed by atoms with Crippen molar-refractivity contribution in [2.24, 2.45) is 11.8 Å². The Hall–Kier alpha value is -4.51. The second-order valence-corrected chi connectivity index (χ2v) is 12.2. The van der Waals surface area contributed by atoms with Crippen molar-refractivity contribution in [1.82, 2.24) is 19.8 Å². The van der Waals surface area contributed by atoms with Gasteiger partial charge in [0.05, 0.1) is 23.5 Å². The van der Waals surface area contributed by atoms with Gasteiger partial charge in [0.25, 0.3) is 0 Å². The number of rotatable bonds is 7. The van der Waals surface area contributed by atoms with Gasteiger partial charge in [0.2, 0.25) is 5.91 Å². The first-order valence-corrected chi connectivity index (χ1v) is 14.9. The zero-order chi connectivity index (χ0) is 32.7. The highest BCUT2D eigenvalue weighted by molar-refractivity contribution is 6.11. The van der Waals surface area contributed by atoms with Crippen LogP contribution in [-0.4, -0.2) is 81.0 Å². The fraction of sp³-hybridized carbons (Fsp3) is 0.382. The molecule has 5 rings (SSSR count). The molecule has 238 valence electrons. The van der Waals surface area contributed by atoms with Crippen LogP contribution in [0.4, 0.5) is 8.78 Å². The van der Waals surface area contributed by atoms with Crippen LogP contribution in [0.3, 0.4) is 0 Å². The number of carboxylic acids is 1. The predicted molar refractivity (Wildman–Crippen MR) is 167 cm³/mol. The number of aldehydes is 1. The Labute approximate surface area is 261 Å². The zero-order valence-electron chi connectivity index (χ0n) is 25.7. The standard InChI is InChI=1S/C19H13F2N3O.C15H26N2O3/c20-14-5-1-12(2-6-14)17(19-23-10-16(11-25)24-19)9-18(22)13-3-7-15(21)8-4-13;1-15(2)10-17(9-8-16(15)3)13(18)11-4-6-12(7-5-11)14(19)20/h1-11,22H,(H,23,24);11-12H,4-10H2,1-3H3,(H,19,20)/b17-9-,22-18?;. The van der Waals surface area contributed by atoms with Gasteiger partial charge in [0.15, 0.2) is 6.29 Å². The van der Waals surface area contributed by atoms with Gasteiger partial charge in [-0.25, -0.2) is 13.8 Å². The van der Waals surface area contributed by atoms with E-state index >= 15 is 0 Å². The highest BCUT2D eigenvalue weighted by atomic mass is 19.1. The normalized spacial score (nSPS) is 20.1. The summed E-state index contributed by atoms with van der Waals surface area (Å²) in [5.74, 6) is -1.09. The summed E-state index contributed by atoms with van der Waals surface area (Å²) in [7, 11) is 2.10. The molecule has 3 N–H and O–H groups in total. The Kier molecular flexibility index (Phi) is 10.8. The van der Waals surface area contributed by atoms with E-state index < -0.39 is 5.97 Å². The topological polar surface area (TPSA) is 130 Å². The molecular weight excluding hydrogens is 580 g/mol. The number of piperazine rings is 1. The first kappa shape index (κ1) is 33.4. The predicted octanol–water partition coefficient (Wildman–Crippen LogP) is 5.43. The van der Waals surface area contributed by atoms with Gasteiger partial charge in [0, 0.05) is 36.7 Å². The number of amides is 1. The van der Waals surface area contributed by atoms with Crippen LogP contribution in [0.15, 0.2) is 60.8 Å². The van der Waals surface area contributed by atoms with E-state index in [9.17, 15) is 23.2 Å². The van der Waals surface area contributed by atoms with Gasteiger partial charge in [0.1, 0.15) is 17.5 Å². The molecule has 2 fully saturated rings. The van der Waals surface area contributed by atoms with Crippen LogP contribution >= 0.6 is 0 Å². The summed E-state index contributed by atoms with van der Waals surface area (Å²) in [5, 5.41) is 17.2. The van der Waals surface area contributed by atoms with Crippen LogP contribution < -0.4 is 0 Å². The Morgan fingerprint density at radius 3 is 2.02 bits per heavy atom. The molecule has 9 nitrogen and oxygen atoms in total. The fourth-order valence-electron chi connectivity index (χ4n) is 5.58. The van der Waals surface area contributed by atoms with Crippen molar-refractivity contribution in [3.63, 3.8) is 0 Å². The van der Waals surface area contributed by atoms with Crippen molar-refractivity contribution in [3.8, 4) is 0 Å². The summed E-state index contributed by atoms with van der Waals surface area (Å²) in [5.41, 5.74) is 2.09. The summed E-state index contributed by atoms with van der Waals surface area (Å²) in [6.07, 6.45) is 6.27. The monoisotopic (exact) mass is 619 g/mol. The number of aromatic amines is 1. The summed E-state index contributed by atoms with van der Waals surface area (Å²) in [6.45, 7) is 6.78. The lowest BCUT2D eigenvalue weighted by atomic mass is 9.81. The number of hydrogen-bond donors (Lipinski definition) is 3. The summed E-state index contributed by atoms with van der Waals surface area (Å²) in [6, 6.07) is 11.2. The minimum Gasteiger partial charge on any atom is -0.481 e. The Morgan fingerprint density at radius 1 is 0.956 bits per heavy atom. The highest BCUT2D eigenvalue weighted by Crippen LogP contribution is 2.31. The number of hydrogen-bond acceptors (Lipinski definition) is 6. The summed E-state index contributed by atoms with van der Waals surface area (Å²) >= 11 is 0. The largest absolute Gasteiger partial charge is 0.481 e. The molecule has 45 heavy (non-hydrogen) atoms. The van der Waals surface area contributed by atoms with E-state index in [1.54, 1.807) is 12.1 Å². The molecule has 2 aromatic carbocycles. The van der Waals surface area contributed by atoms with E-state index in [2.05, 4.69) is 35.8 Å². The molecule has 1 amide bonds. The van der Waals surface area contributed by atoms with E-state index in [0.717, 1.165) is 32.5 Å². The zero-order valence-corrected chi connectivity index (χ0v) is 25.7. The van der Waals surface area contributed by atoms with Gasteiger partial charge in [-0.3, -0.25) is 19.3 Å². The van der Waals surface area contributed by atoms with Crippen LogP contribution in [0, 0.1) is 28.9 Å². The SMILES string of the molecule is CN1CCN(C(=O)C2CCC(C(=O)O)CC2)CC1(C)C.N=C(/C=C(/c1ccc(F)cc1)c1ncc(C=O)[nH]1)c1ccc(F)cc1. The number of aromatic nitrogens is 2. The number of aliphatic carboxylic acids is 1. The highest BCUT2D eigenvalue weighted by Gasteiger charge is 2.37. The Morgan fingerprint density at radius 2 is 1.51 bits per heavy atom. The molecule has 0 atom stereocenters. The molecule has 3 aromatic rings. The van der Waals surface area contributed by atoms with Gasteiger partial charge in [-0.1, -0.05) is 12.1 Å². The number of allylic oxidation sites excluding steroid dienone is 1. The van der Waals surface area contributed by atoms with Crippen LogP contribution in [0.1, 0.15) is 67.0 Å². The van der Waals surface area contributed by atoms with Crippen molar-refractivity contribution < 1.29 is 28.3 Å². The third-order valence-electron chi connectivity index (χ3n) is 8.63. The average molecular weight is 620 g/mol. The van der Waals surface area contributed by atoms with Crippen LogP contribution in [0.5, 0.6) is 0 Å². The van der Waals surface area contributed by atoms with Crippen molar-refractivity contribution in [2.75, 3.05) is 26.7 Å². The molecule has 0 unspecified atom stereocenters. The lowest BCUT2D eigenvalue weighted by molar-refractivity contribution is -0.147. The number of halogens is 2. The van der Waals surface area contributed by atoms with Crippen LogP contribution in [0.2, 0.25) is 0 Å². The number of H-pyrrole nitrogens is 1. The quantitative estimate of drug-likeness (QED) is 0.239. The van der Waals surface area contributed by atoms with Crippen LogP contribution in [-0.2, 0) is 9.59 Å². The van der Waals surface area contributed by atoms with Crippen molar-refractivity contribution >= 4 is 29.4 Å². The van der Waals surface area contributed by atoms with E-state index in [1.165, 1.54) is 48.7 Å². The van der Waals surface area contributed by atoms with Gasteiger partial charge >= 0.3 is 5.97 Å². The number of carbonyl (C=O) groups excluding carboxylic acids is 2. The number of carboxylic acid groups (broad SMARTS) is 1. The average Bonchev–Trinajstić information content (AvgIpc) is 3.51. The number of benzene rings is 2. The first-order chi connectivity index (χ1) is 21.4. The van der Waals surface area contributed by atoms with Gasteiger partial charge < -0.3 is 20.4 Å². The molecule has 0 spiro atoms. The van der Waals surface area contributed by atoms with E-state index in [1.807, 2.05) is 4.90 Å². The van der Waals surface area contributed by atoms with Crippen molar-refractivity contribution in [2.45, 2.75) is 45.1 Å². The minimum absolute atomic E-state index is 0.0200.